The average Bonchev–Trinajstić information content (AvgIpc) is 2.76. The molecule has 0 bridgehead atoms. The fraction of sp³-hybridized carbons (Fsp3) is 0.769. The van der Waals surface area contributed by atoms with Gasteiger partial charge in [0.05, 0.1) is 16.8 Å². The SMILES string of the molecule is C[C@H](COC1CCCCO1)CC(C[C@@H](C)CO[Si](C)(C)C(C)(C)C)S(=O)(=O)c1ccccc1. The Morgan fingerprint density at radius 3 is 2.18 bits per heavy atom. The van der Waals surface area contributed by atoms with Crippen molar-refractivity contribution in [2.45, 2.75) is 101 Å². The number of benzene rings is 1. The molecule has 1 fully saturated rings. The second-order valence-corrected chi connectivity index (χ2v) is 18.4. The van der Waals surface area contributed by atoms with Crippen molar-refractivity contribution >= 4 is 18.2 Å². The van der Waals surface area contributed by atoms with Crippen LogP contribution in [0.25, 0.3) is 0 Å². The molecule has 0 saturated carbocycles. The highest BCUT2D eigenvalue weighted by Crippen LogP contribution is 2.37. The van der Waals surface area contributed by atoms with Crippen LogP contribution < -0.4 is 0 Å². The van der Waals surface area contributed by atoms with Crippen LogP contribution in [0.4, 0.5) is 0 Å². The van der Waals surface area contributed by atoms with Crippen LogP contribution in [0.15, 0.2) is 35.2 Å². The molecule has 190 valence electrons. The van der Waals surface area contributed by atoms with E-state index in [9.17, 15) is 8.42 Å². The van der Waals surface area contributed by atoms with E-state index in [1.807, 2.05) is 6.07 Å². The summed E-state index contributed by atoms with van der Waals surface area (Å²) in [6.45, 7) is 17.2. The minimum Gasteiger partial charge on any atom is -0.417 e. The zero-order valence-corrected chi connectivity index (χ0v) is 23.6. The van der Waals surface area contributed by atoms with E-state index >= 15 is 0 Å². The minimum absolute atomic E-state index is 0.118. The molecule has 0 radical (unpaired) electrons. The van der Waals surface area contributed by atoms with Gasteiger partial charge >= 0.3 is 0 Å². The maximum atomic E-state index is 13.6. The lowest BCUT2D eigenvalue weighted by Crippen LogP contribution is -2.42. The summed E-state index contributed by atoms with van der Waals surface area (Å²) in [7, 11) is -5.32. The number of hydrogen-bond donors (Lipinski definition) is 0. The van der Waals surface area contributed by atoms with Crippen molar-refractivity contribution in [1.29, 1.82) is 0 Å². The lowest BCUT2D eigenvalue weighted by molar-refractivity contribution is -0.168. The molecule has 0 aromatic heterocycles. The Morgan fingerprint density at radius 2 is 1.64 bits per heavy atom. The Bertz CT molecular complexity index is 798. The van der Waals surface area contributed by atoms with Crippen LogP contribution in [-0.2, 0) is 23.7 Å². The topological polar surface area (TPSA) is 61.8 Å². The summed E-state index contributed by atoms with van der Waals surface area (Å²) in [6, 6.07) is 8.85. The molecule has 7 heteroatoms. The van der Waals surface area contributed by atoms with Gasteiger partial charge in [-0.1, -0.05) is 52.8 Å². The summed E-state index contributed by atoms with van der Waals surface area (Å²) in [5.74, 6) is 0.268. The quantitative estimate of drug-likeness (QED) is 0.310. The third kappa shape index (κ3) is 8.77. The molecule has 2 unspecified atom stereocenters. The summed E-state index contributed by atoms with van der Waals surface area (Å²) in [5.41, 5.74) is 0. The highest BCUT2D eigenvalue weighted by Gasteiger charge is 2.38. The second kappa shape index (κ2) is 12.3. The third-order valence-electron chi connectivity index (χ3n) is 7.08. The van der Waals surface area contributed by atoms with Crippen molar-refractivity contribution in [3.05, 3.63) is 30.3 Å². The lowest BCUT2D eigenvalue weighted by Gasteiger charge is -2.37. The fourth-order valence-corrected chi connectivity index (χ4v) is 7.09. The summed E-state index contributed by atoms with van der Waals surface area (Å²) in [4.78, 5) is 0.399. The normalized spacial score (nSPS) is 20.9. The van der Waals surface area contributed by atoms with Gasteiger partial charge < -0.3 is 13.9 Å². The van der Waals surface area contributed by atoms with Crippen molar-refractivity contribution < 1.29 is 22.3 Å². The van der Waals surface area contributed by atoms with Gasteiger partial charge in [0, 0.05) is 13.2 Å². The summed E-state index contributed by atoms with van der Waals surface area (Å²) in [6.07, 6.45) is 4.12. The van der Waals surface area contributed by atoms with Gasteiger partial charge in [0.1, 0.15) is 0 Å². The van der Waals surface area contributed by atoms with Crippen molar-refractivity contribution in [1.82, 2.24) is 0 Å². The minimum atomic E-state index is -3.45. The standard InChI is InChI=1S/C26H46O5SSi/c1-21(19-30-25-15-11-12-16-29-25)17-24(32(27,28)23-13-9-8-10-14-23)18-22(2)20-31-33(6,7)26(3,4)5/h8-10,13-14,21-22,24-25H,11-12,15-20H2,1-7H3/t21-,22+,24?,25?/m0/s1. The highest BCUT2D eigenvalue weighted by atomic mass is 32.2. The van der Waals surface area contributed by atoms with Gasteiger partial charge in [-0.05, 0) is 74.2 Å². The number of hydrogen-bond acceptors (Lipinski definition) is 5. The predicted molar refractivity (Wildman–Crippen MR) is 138 cm³/mol. The second-order valence-electron chi connectivity index (χ2n) is 11.4. The smallest absolute Gasteiger partial charge is 0.191 e. The monoisotopic (exact) mass is 498 g/mol. The number of sulfone groups is 1. The van der Waals surface area contributed by atoms with Gasteiger partial charge in [0.2, 0.25) is 0 Å². The molecule has 1 heterocycles. The summed E-state index contributed by atoms with van der Waals surface area (Å²) in [5, 5.41) is -0.335. The number of ether oxygens (including phenoxy) is 2. The Labute approximate surface area is 203 Å². The molecule has 0 aliphatic carbocycles. The van der Waals surface area contributed by atoms with E-state index in [1.165, 1.54) is 0 Å². The van der Waals surface area contributed by atoms with Crippen molar-refractivity contribution in [3.8, 4) is 0 Å². The molecule has 5 nitrogen and oxygen atoms in total. The first-order valence-electron chi connectivity index (χ1n) is 12.5. The van der Waals surface area contributed by atoms with Crippen LogP contribution in [0.5, 0.6) is 0 Å². The van der Waals surface area contributed by atoms with Crippen LogP contribution in [0.1, 0.15) is 66.7 Å². The number of rotatable bonds is 12. The Kier molecular flexibility index (Phi) is 10.6. The molecule has 33 heavy (non-hydrogen) atoms. The van der Waals surface area contributed by atoms with Crippen LogP contribution in [-0.4, -0.2) is 48.1 Å². The average molecular weight is 499 g/mol. The first kappa shape index (κ1) is 28.5. The van der Waals surface area contributed by atoms with Gasteiger partial charge in [-0.25, -0.2) is 8.42 Å². The van der Waals surface area contributed by atoms with E-state index in [2.05, 4.69) is 47.7 Å². The summed E-state index contributed by atoms with van der Waals surface area (Å²) < 4.78 is 45.2. The molecule has 1 saturated heterocycles. The van der Waals surface area contributed by atoms with E-state index in [0.29, 0.717) is 31.0 Å². The third-order valence-corrected chi connectivity index (χ3v) is 13.8. The maximum Gasteiger partial charge on any atom is 0.191 e. The van der Waals surface area contributed by atoms with Gasteiger partial charge in [-0.3, -0.25) is 0 Å². The Hall–Kier alpha value is -0.733. The molecule has 4 atom stereocenters. The molecule has 0 spiro atoms. The van der Waals surface area contributed by atoms with E-state index in [-0.39, 0.29) is 23.2 Å². The van der Waals surface area contributed by atoms with Crippen LogP contribution >= 0.6 is 0 Å². The zero-order valence-electron chi connectivity index (χ0n) is 21.8. The zero-order chi connectivity index (χ0) is 24.7. The van der Waals surface area contributed by atoms with Crippen molar-refractivity contribution in [2.24, 2.45) is 11.8 Å². The Morgan fingerprint density at radius 1 is 1.03 bits per heavy atom. The Balaban J connectivity index is 2.06. The first-order chi connectivity index (χ1) is 15.3. The van der Waals surface area contributed by atoms with Gasteiger partial charge in [0.25, 0.3) is 0 Å². The molecule has 1 aromatic carbocycles. The van der Waals surface area contributed by atoms with Crippen LogP contribution in [0, 0.1) is 11.8 Å². The maximum absolute atomic E-state index is 13.6. The van der Waals surface area contributed by atoms with E-state index < -0.39 is 23.4 Å². The van der Waals surface area contributed by atoms with Gasteiger partial charge in [-0.15, -0.1) is 0 Å². The van der Waals surface area contributed by atoms with E-state index in [4.69, 9.17) is 13.9 Å². The largest absolute Gasteiger partial charge is 0.417 e. The molecular weight excluding hydrogens is 452 g/mol. The van der Waals surface area contributed by atoms with Crippen LogP contribution in [0.2, 0.25) is 18.1 Å². The molecular formula is C26H46O5SSi. The molecule has 0 N–H and O–H groups in total. The van der Waals surface area contributed by atoms with Crippen molar-refractivity contribution in [2.75, 3.05) is 19.8 Å². The van der Waals surface area contributed by atoms with Gasteiger partial charge in [-0.2, -0.15) is 0 Å². The van der Waals surface area contributed by atoms with Crippen LogP contribution in [0.3, 0.4) is 0 Å². The predicted octanol–water partition coefficient (Wildman–Crippen LogP) is 6.45. The molecule has 0 amide bonds. The highest BCUT2D eigenvalue weighted by molar-refractivity contribution is 7.92. The molecule has 2 rings (SSSR count). The first-order valence-corrected chi connectivity index (χ1v) is 16.9. The fourth-order valence-electron chi connectivity index (χ4n) is 3.87. The molecule has 1 aromatic rings. The van der Waals surface area contributed by atoms with Crippen molar-refractivity contribution in [3.63, 3.8) is 0 Å². The summed E-state index contributed by atoms with van der Waals surface area (Å²) >= 11 is 0. The molecule has 1 aliphatic rings. The molecule has 1 aliphatic heterocycles. The van der Waals surface area contributed by atoms with E-state index in [0.717, 1.165) is 25.9 Å². The van der Waals surface area contributed by atoms with Gasteiger partial charge in [0.15, 0.2) is 24.4 Å². The lowest BCUT2D eigenvalue weighted by atomic mass is 9.99. The van der Waals surface area contributed by atoms with E-state index in [1.54, 1.807) is 24.3 Å².